The molecule has 0 radical (unpaired) electrons. The number of thioether (sulfide) groups is 1. The molecule has 1 aromatic heterocycles. The van der Waals surface area contributed by atoms with Crippen LogP contribution in [-0.4, -0.2) is 28.4 Å². The Morgan fingerprint density at radius 2 is 2.50 bits per heavy atom. The van der Waals surface area contributed by atoms with E-state index in [4.69, 9.17) is 4.42 Å². The summed E-state index contributed by atoms with van der Waals surface area (Å²) in [5.74, 6) is 0.694. The Balaban J connectivity index is 2.26. The summed E-state index contributed by atoms with van der Waals surface area (Å²) in [5.41, 5.74) is 0. The molecule has 14 heavy (non-hydrogen) atoms. The monoisotopic (exact) mass is 213 g/mol. The molecule has 76 valence electrons. The second-order valence-electron chi connectivity index (χ2n) is 2.47. The van der Waals surface area contributed by atoms with E-state index in [1.165, 1.54) is 11.8 Å². The number of hydrogen-bond donors (Lipinski definition) is 1. The highest BCUT2D eigenvalue weighted by Gasteiger charge is 2.06. The maximum Gasteiger partial charge on any atom is 0.277 e. The van der Waals surface area contributed by atoms with Crippen molar-refractivity contribution in [3.8, 4) is 0 Å². The van der Waals surface area contributed by atoms with Crippen molar-refractivity contribution in [3.63, 3.8) is 0 Å². The third-order valence-corrected chi connectivity index (χ3v) is 2.10. The predicted octanol–water partition coefficient (Wildman–Crippen LogP) is 0.772. The van der Waals surface area contributed by atoms with Gasteiger partial charge in [-0.25, -0.2) is 0 Å². The van der Waals surface area contributed by atoms with E-state index in [2.05, 4.69) is 22.1 Å². The molecule has 1 N–H and O–H groups in total. The highest BCUT2D eigenvalue weighted by atomic mass is 32.2. The molecule has 0 saturated carbocycles. The minimum Gasteiger partial charge on any atom is -0.416 e. The standard InChI is InChI=1S/C8H11N3O2S/c1-3-4-9-7(12)5-14-8-11-10-6(2)13-8/h3H,1,4-5H2,2H3,(H,9,12). The van der Waals surface area contributed by atoms with Crippen LogP contribution in [0.2, 0.25) is 0 Å². The first-order valence-electron chi connectivity index (χ1n) is 4.03. The van der Waals surface area contributed by atoms with Gasteiger partial charge in [0.2, 0.25) is 11.8 Å². The summed E-state index contributed by atoms with van der Waals surface area (Å²) in [6.45, 7) is 5.67. The first-order chi connectivity index (χ1) is 6.72. The van der Waals surface area contributed by atoms with Crippen LogP contribution in [0.1, 0.15) is 5.89 Å². The molecule has 6 heteroatoms. The fourth-order valence-corrected chi connectivity index (χ4v) is 1.34. The minimum atomic E-state index is -0.0780. The Labute approximate surface area is 86.0 Å². The predicted molar refractivity (Wildman–Crippen MR) is 53.0 cm³/mol. The van der Waals surface area contributed by atoms with Crippen LogP contribution in [0.5, 0.6) is 0 Å². The lowest BCUT2D eigenvalue weighted by Gasteiger charge is -1.98. The molecule has 0 fully saturated rings. The number of amides is 1. The van der Waals surface area contributed by atoms with Crippen molar-refractivity contribution < 1.29 is 9.21 Å². The van der Waals surface area contributed by atoms with Crippen LogP contribution < -0.4 is 5.32 Å². The molecule has 1 aromatic rings. The van der Waals surface area contributed by atoms with Crippen LogP contribution in [0.15, 0.2) is 22.3 Å². The molecule has 0 spiro atoms. The maximum atomic E-state index is 11.1. The van der Waals surface area contributed by atoms with Crippen LogP contribution in [0.4, 0.5) is 0 Å². The summed E-state index contributed by atoms with van der Waals surface area (Å²) < 4.78 is 5.08. The summed E-state index contributed by atoms with van der Waals surface area (Å²) in [6.07, 6.45) is 1.62. The Kier molecular flexibility index (Phi) is 4.18. The molecule has 5 nitrogen and oxygen atoms in total. The van der Waals surface area contributed by atoms with E-state index < -0.39 is 0 Å². The van der Waals surface area contributed by atoms with E-state index in [9.17, 15) is 4.79 Å². The van der Waals surface area contributed by atoms with Crippen LogP contribution in [-0.2, 0) is 4.79 Å². The quantitative estimate of drug-likeness (QED) is 0.578. The summed E-state index contributed by atoms with van der Waals surface area (Å²) in [6, 6.07) is 0. The van der Waals surface area contributed by atoms with Crippen molar-refractivity contribution in [2.75, 3.05) is 12.3 Å². The number of nitrogens with zero attached hydrogens (tertiary/aromatic N) is 2. The SMILES string of the molecule is C=CCNC(=O)CSc1nnc(C)o1. The van der Waals surface area contributed by atoms with Crippen molar-refractivity contribution in [2.45, 2.75) is 12.1 Å². The molecular formula is C8H11N3O2S. The Morgan fingerprint density at radius 3 is 3.07 bits per heavy atom. The Morgan fingerprint density at radius 1 is 1.71 bits per heavy atom. The average molecular weight is 213 g/mol. The van der Waals surface area contributed by atoms with Gasteiger partial charge in [0.05, 0.1) is 5.75 Å². The zero-order valence-corrected chi connectivity index (χ0v) is 8.63. The van der Waals surface area contributed by atoms with Crippen LogP contribution in [0.3, 0.4) is 0 Å². The lowest BCUT2D eigenvalue weighted by atomic mass is 10.6. The second-order valence-corrected chi connectivity index (χ2v) is 3.40. The number of carbonyl (C=O) groups is 1. The van der Waals surface area contributed by atoms with Crippen LogP contribution in [0, 0.1) is 6.92 Å². The fraction of sp³-hybridized carbons (Fsp3) is 0.375. The minimum absolute atomic E-state index is 0.0780. The number of aryl methyl sites for hydroxylation is 1. The number of nitrogens with one attached hydrogen (secondary N) is 1. The van der Waals surface area contributed by atoms with Gasteiger partial charge >= 0.3 is 0 Å². The third-order valence-electron chi connectivity index (χ3n) is 1.28. The molecular weight excluding hydrogens is 202 g/mol. The zero-order chi connectivity index (χ0) is 10.4. The van der Waals surface area contributed by atoms with E-state index >= 15 is 0 Å². The largest absolute Gasteiger partial charge is 0.416 e. The second kappa shape index (κ2) is 5.43. The molecule has 1 heterocycles. The normalized spacial score (nSPS) is 9.79. The van der Waals surface area contributed by atoms with Crippen LogP contribution in [0.25, 0.3) is 0 Å². The molecule has 1 rings (SSSR count). The summed E-state index contributed by atoms with van der Waals surface area (Å²) in [4.78, 5) is 11.1. The number of rotatable bonds is 5. The summed E-state index contributed by atoms with van der Waals surface area (Å²) >= 11 is 1.21. The maximum absolute atomic E-state index is 11.1. The lowest BCUT2D eigenvalue weighted by Crippen LogP contribution is -2.24. The number of hydrogen-bond acceptors (Lipinski definition) is 5. The van der Waals surface area contributed by atoms with Gasteiger partial charge in [-0.3, -0.25) is 4.79 Å². The van der Waals surface area contributed by atoms with Gasteiger partial charge in [-0.05, 0) is 0 Å². The van der Waals surface area contributed by atoms with E-state index in [-0.39, 0.29) is 11.7 Å². The molecule has 0 aliphatic rings. The van der Waals surface area contributed by atoms with Gasteiger partial charge in [0, 0.05) is 13.5 Å². The Hall–Kier alpha value is -1.30. The van der Waals surface area contributed by atoms with Crippen molar-refractivity contribution in [3.05, 3.63) is 18.5 Å². The van der Waals surface area contributed by atoms with Gasteiger partial charge in [-0.1, -0.05) is 17.8 Å². The van der Waals surface area contributed by atoms with Crippen molar-refractivity contribution in [2.24, 2.45) is 0 Å². The van der Waals surface area contributed by atoms with Crippen molar-refractivity contribution >= 4 is 17.7 Å². The highest BCUT2D eigenvalue weighted by Crippen LogP contribution is 2.14. The highest BCUT2D eigenvalue weighted by molar-refractivity contribution is 7.99. The smallest absolute Gasteiger partial charge is 0.277 e. The van der Waals surface area contributed by atoms with E-state index in [0.29, 0.717) is 17.7 Å². The van der Waals surface area contributed by atoms with Gasteiger partial charge in [-0.2, -0.15) is 0 Å². The van der Waals surface area contributed by atoms with Crippen molar-refractivity contribution in [1.29, 1.82) is 0 Å². The summed E-state index contributed by atoms with van der Waals surface area (Å²) in [5, 5.41) is 10.4. The molecule has 0 aromatic carbocycles. The van der Waals surface area contributed by atoms with Gasteiger partial charge in [0.1, 0.15) is 0 Å². The van der Waals surface area contributed by atoms with E-state index in [0.717, 1.165) is 0 Å². The molecule has 0 bridgehead atoms. The van der Waals surface area contributed by atoms with Gasteiger partial charge < -0.3 is 9.73 Å². The number of aromatic nitrogens is 2. The molecule has 0 atom stereocenters. The molecule has 1 amide bonds. The lowest BCUT2D eigenvalue weighted by molar-refractivity contribution is -0.118. The number of carbonyl (C=O) groups excluding carboxylic acids is 1. The van der Waals surface area contributed by atoms with Gasteiger partial charge in [-0.15, -0.1) is 16.8 Å². The van der Waals surface area contributed by atoms with Crippen LogP contribution >= 0.6 is 11.8 Å². The first-order valence-corrected chi connectivity index (χ1v) is 5.01. The molecule has 0 aliphatic heterocycles. The topological polar surface area (TPSA) is 68.0 Å². The average Bonchev–Trinajstić information content (AvgIpc) is 2.58. The van der Waals surface area contributed by atoms with Crippen molar-refractivity contribution in [1.82, 2.24) is 15.5 Å². The van der Waals surface area contributed by atoms with E-state index in [1.807, 2.05) is 0 Å². The fourth-order valence-electron chi connectivity index (χ4n) is 0.701. The van der Waals surface area contributed by atoms with Gasteiger partial charge in [0.25, 0.3) is 5.22 Å². The van der Waals surface area contributed by atoms with E-state index in [1.54, 1.807) is 13.0 Å². The molecule has 0 saturated heterocycles. The summed E-state index contributed by atoms with van der Waals surface area (Å²) in [7, 11) is 0. The molecule has 0 aliphatic carbocycles. The first kappa shape index (κ1) is 10.8. The zero-order valence-electron chi connectivity index (χ0n) is 7.82. The Bertz CT molecular complexity index is 324. The molecule has 0 unspecified atom stereocenters. The third kappa shape index (κ3) is 3.61. The van der Waals surface area contributed by atoms with Gasteiger partial charge in [0.15, 0.2) is 0 Å².